The van der Waals surface area contributed by atoms with E-state index in [-0.39, 0.29) is 0 Å². The third-order valence-electron chi connectivity index (χ3n) is 3.90. The zero-order valence-corrected chi connectivity index (χ0v) is 11.3. The Hall–Kier alpha value is -0.530. The maximum absolute atomic E-state index is 5.88. The molecule has 0 saturated heterocycles. The molecule has 0 bridgehead atoms. The molecule has 0 aromatic heterocycles. The summed E-state index contributed by atoms with van der Waals surface area (Å²) in [6, 6.07) is 8.76. The summed E-state index contributed by atoms with van der Waals surface area (Å²) >= 11 is 5.88. The Morgan fingerprint density at radius 2 is 1.82 bits per heavy atom. The smallest absolute Gasteiger partial charge is 0.0406 e. The first-order chi connectivity index (χ1) is 8.25. The topological polar surface area (TPSA) is 12.0 Å². The second kappa shape index (κ2) is 6.42. The number of benzene rings is 1. The molecule has 2 rings (SSSR count). The summed E-state index contributed by atoms with van der Waals surface area (Å²) in [5.41, 5.74) is 1.32. The van der Waals surface area contributed by atoms with Crippen LogP contribution >= 0.6 is 11.6 Å². The van der Waals surface area contributed by atoms with Crippen molar-refractivity contribution in [3.05, 3.63) is 34.9 Å². The Morgan fingerprint density at radius 1 is 1.18 bits per heavy atom. The summed E-state index contributed by atoms with van der Waals surface area (Å²) in [7, 11) is 0. The minimum absolute atomic E-state index is 0.631. The van der Waals surface area contributed by atoms with E-state index in [4.69, 9.17) is 11.6 Å². The number of hydrogen-bond donors (Lipinski definition) is 1. The van der Waals surface area contributed by atoms with Gasteiger partial charge in [-0.2, -0.15) is 0 Å². The molecule has 0 unspecified atom stereocenters. The molecule has 0 spiro atoms. The van der Waals surface area contributed by atoms with E-state index < -0.39 is 0 Å². The van der Waals surface area contributed by atoms with Gasteiger partial charge in [0.05, 0.1) is 0 Å². The van der Waals surface area contributed by atoms with Crippen molar-refractivity contribution in [1.82, 2.24) is 5.32 Å². The lowest BCUT2D eigenvalue weighted by atomic mass is 9.84. The number of hydrogen-bond acceptors (Lipinski definition) is 1. The summed E-state index contributed by atoms with van der Waals surface area (Å²) < 4.78 is 0. The minimum atomic E-state index is 0.631. The van der Waals surface area contributed by atoms with Crippen molar-refractivity contribution in [1.29, 1.82) is 0 Å². The molecule has 94 valence electrons. The average molecular weight is 252 g/mol. The van der Waals surface area contributed by atoms with Gasteiger partial charge in [-0.3, -0.25) is 0 Å². The molecular weight excluding hydrogens is 230 g/mol. The van der Waals surface area contributed by atoms with Crippen LogP contribution in [0.4, 0.5) is 0 Å². The Kier molecular flexibility index (Phi) is 4.87. The fourth-order valence-corrected chi connectivity index (χ4v) is 2.81. The highest BCUT2D eigenvalue weighted by Gasteiger charge is 2.19. The van der Waals surface area contributed by atoms with Crippen LogP contribution in [0.3, 0.4) is 0 Å². The van der Waals surface area contributed by atoms with Gasteiger partial charge in [0, 0.05) is 17.6 Å². The largest absolute Gasteiger partial charge is 0.310 e. The Labute approximate surface area is 110 Å². The van der Waals surface area contributed by atoms with E-state index in [0.717, 1.165) is 17.5 Å². The lowest BCUT2D eigenvalue weighted by Gasteiger charge is -2.28. The van der Waals surface area contributed by atoms with E-state index in [1.54, 1.807) is 0 Å². The number of rotatable bonds is 4. The zero-order valence-electron chi connectivity index (χ0n) is 10.6. The Morgan fingerprint density at radius 3 is 2.47 bits per heavy atom. The zero-order chi connectivity index (χ0) is 12.1. The van der Waals surface area contributed by atoms with E-state index >= 15 is 0 Å². The van der Waals surface area contributed by atoms with Gasteiger partial charge in [-0.25, -0.2) is 0 Å². The van der Waals surface area contributed by atoms with E-state index in [1.165, 1.54) is 37.7 Å². The average Bonchev–Trinajstić information content (AvgIpc) is 2.39. The third-order valence-corrected chi connectivity index (χ3v) is 4.15. The van der Waals surface area contributed by atoms with Crippen molar-refractivity contribution in [2.24, 2.45) is 5.92 Å². The third kappa shape index (κ3) is 4.01. The lowest BCUT2D eigenvalue weighted by molar-refractivity contribution is 0.280. The van der Waals surface area contributed by atoms with Gasteiger partial charge >= 0.3 is 0 Å². The van der Waals surface area contributed by atoms with Crippen molar-refractivity contribution in [3.8, 4) is 0 Å². The number of halogens is 1. The predicted molar refractivity (Wildman–Crippen MR) is 74.3 cm³/mol. The van der Waals surface area contributed by atoms with Crippen molar-refractivity contribution >= 4 is 11.6 Å². The Balaban J connectivity index is 1.78. The van der Waals surface area contributed by atoms with Gasteiger partial charge in [0.1, 0.15) is 0 Å². The molecule has 1 aliphatic rings. The molecule has 1 saturated carbocycles. The molecule has 1 fully saturated rings. The second-order valence-electron chi connectivity index (χ2n) is 5.19. The van der Waals surface area contributed by atoms with Gasteiger partial charge in [-0.15, -0.1) is 0 Å². The highest BCUT2D eigenvalue weighted by atomic mass is 35.5. The van der Waals surface area contributed by atoms with Gasteiger partial charge < -0.3 is 5.32 Å². The molecule has 17 heavy (non-hydrogen) atoms. The van der Waals surface area contributed by atoms with Gasteiger partial charge in [0.2, 0.25) is 0 Å². The molecule has 1 atom stereocenters. The maximum Gasteiger partial charge on any atom is 0.0406 e. The second-order valence-corrected chi connectivity index (χ2v) is 5.63. The van der Waals surface area contributed by atoms with Crippen LogP contribution in [0.25, 0.3) is 0 Å². The van der Waals surface area contributed by atoms with Crippen molar-refractivity contribution in [2.45, 2.75) is 51.6 Å². The monoisotopic (exact) mass is 251 g/mol. The first-order valence-corrected chi connectivity index (χ1v) is 7.11. The van der Waals surface area contributed by atoms with Crippen LogP contribution in [0, 0.1) is 5.92 Å². The van der Waals surface area contributed by atoms with E-state index in [9.17, 15) is 0 Å². The minimum Gasteiger partial charge on any atom is -0.310 e. The van der Waals surface area contributed by atoms with E-state index in [2.05, 4.69) is 24.4 Å². The van der Waals surface area contributed by atoms with E-state index in [1.807, 2.05) is 12.1 Å². The predicted octanol–water partition coefficient (Wildman–Crippen LogP) is 4.40. The summed E-state index contributed by atoms with van der Waals surface area (Å²) in [4.78, 5) is 0. The molecule has 0 amide bonds. The van der Waals surface area contributed by atoms with Gasteiger partial charge in [0.25, 0.3) is 0 Å². The van der Waals surface area contributed by atoms with Crippen LogP contribution in [0.5, 0.6) is 0 Å². The molecule has 1 aliphatic carbocycles. The molecular formula is C15H22ClN. The maximum atomic E-state index is 5.88. The first-order valence-electron chi connectivity index (χ1n) is 6.73. The highest BCUT2D eigenvalue weighted by Crippen LogP contribution is 2.26. The van der Waals surface area contributed by atoms with Crippen LogP contribution in [0.1, 0.15) is 44.6 Å². The first kappa shape index (κ1) is 12.9. The van der Waals surface area contributed by atoms with Gasteiger partial charge in [-0.05, 0) is 43.4 Å². The fraction of sp³-hybridized carbons (Fsp3) is 0.600. The van der Waals surface area contributed by atoms with Crippen LogP contribution in [-0.2, 0) is 6.54 Å². The fourth-order valence-electron chi connectivity index (χ4n) is 2.68. The lowest BCUT2D eigenvalue weighted by Crippen LogP contribution is -2.34. The standard InChI is InChI=1S/C15H22ClN/c1-12(14-5-3-2-4-6-14)17-11-13-7-9-15(16)10-8-13/h7-10,12,14,17H,2-6,11H2,1H3/t12-/m1/s1. The SMILES string of the molecule is C[C@@H](NCc1ccc(Cl)cc1)C1CCCCC1. The van der Waals surface area contributed by atoms with Crippen molar-refractivity contribution in [3.63, 3.8) is 0 Å². The van der Waals surface area contributed by atoms with Crippen LogP contribution in [-0.4, -0.2) is 6.04 Å². The number of nitrogens with one attached hydrogen (secondary N) is 1. The molecule has 1 N–H and O–H groups in total. The molecule has 1 aromatic rings. The molecule has 0 radical (unpaired) electrons. The van der Waals surface area contributed by atoms with Crippen LogP contribution < -0.4 is 5.32 Å². The normalized spacial score (nSPS) is 19.2. The Bertz CT molecular complexity index is 327. The molecule has 0 heterocycles. The van der Waals surface area contributed by atoms with Crippen LogP contribution in [0.2, 0.25) is 5.02 Å². The van der Waals surface area contributed by atoms with E-state index in [0.29, 0.717) is 6.04 Å². The molecule has 0 aliphatic heterocycles. The summed E-state index contributed by atoms with van der Waals surface area (Å²) in [5, 5.41) is 4.46. The molecule has 2 heteroatoms. The summed E-state index contributed by atoms with van der Waals surface area (Å²) in [5.74, 6) is 0.871. The molecule has 1 aromatic carbocycles. The van der Waals surface area contributed by atoms with Gasteiger partial charge in [-0.1, -0.05) is 43.0 Å². The molecule has 1 nitrogen and oxygen atoms in total. The highest BCUT2D eigenvalue weighted by molar-refractivity contribution is 6.30. The summed E-state index contributed by atoms with van der Waals surface area (Å²) in [6.07, 6.45) is 7.05. The van der Waals surface area contributed by atoms with Crippen molar-refractivity contribution in [2.75, 3.05) is 0 Å². The van der Waals surface area contributed by atoms with Crippen molar-refractivity contribution < 1.29 is 0 Å². The summed E-state index contributed by atoms with van der Waals surface area (Å²) in [6.45, 7) is 3.28. The van der Waals surface area contributed by atoms with Gasteiger partial charge in [0.15, 0.2) is 0 Å². The quantitative estimate of drug-likeness (QED) is 0.837. The van der Waals surface area contributed by atoms with Crippen LogP contribution in [0.15, 0.2) is 24.3 Å².